The van der Waals surface area contributed by atoms with Gasteiger partial charge >= 0.3 is 5.97 Å². The molecule has 4 aromatic rings. The van der Waals surface area contributed by atoms with Crippen molar-refractivity contribution in [2.24, 2.45) is 0 Å². The van der Waals surface area contributed by atoms with Gasteiger partial charge in [0, 0.05) is 11.1 Å². The monoisotopic (exact) mass is 347 g/mol. The van der Waals surface area contributed by atoms with E-state index < -0.39 is 5.97 Å². The summed E-state index contributed by atoms with van der Waals surface area (Å²) in [7, 11) is 0. The second-order valence-electron chi connectivity index (χ2n) is 5.87. The molecule has 0 saturated carbocycles. The molecule has 0 aliphatic rings. The Balaban J connectivity index is 1.76. The van der Waals surface area contributed by atoms with Gasteiger partial charge in [0.15, 0.2) is 0 Å². The van der Waals surface area contributed by atoms with Gasteiger partial charge in [0.25, 0.3) is 0 Å². The summed E-state index contributed by atoms with van der Waals surface area (Å²) in [6, 6.07) is 18.5. The lowest BCUT2D eigenvalue weighted by molar-refractivity contribution is 0.0698. The topological polar surface area (TPSA) is 62.5 Å². The quantitative estimate of drug-likeness (QED) is 0.498. The zero-order valence-electron chi connectivity index (χ0n) is 13.6. The molecule has 0 saturated heterocycles. The van der Waals surface area contributed by atoms with Gasteiger partial charge in [-0.25, -0.2) is 9.18 Å². The maximum Gasteiger partial charge on any atom is 0.337 e. The van der Waals surface area contributed by atoms with Crippen LogP contribution in [-0.4, -0.2) is 11.1 Å². The van der Waals surface area contributed by atoms with Crippen LogP contribution in [0.1, 0.15) is 10.4 Å². The van der Waals surface area contributed by atoms with E-state index in [-0.39, 0.29) is 11.4 Å². The number of anilines is 2. The van der Waals surface area contributed by atoms with Crippen LogP contribution in [0.15, 0.2) is 77.4 Å². The fourth-order valence-corrected chi connectivity index (χ4v) is 2.85. The fraction of sp³-hybridized carbons (Fsp3) is 0. The standard InChI is InChI=1S/C21H14FNO3/c22-16-3-5-17(6-4-16)23-19-12-14(1-7-18(19)21(24)25)13-2-8-20-15(11-13)9-10-26-20/h1-12,23H,(H,24,25). The summed E-state index contributed by atoms with van der Waals surface area (Å²) in [5.74, 6) is -1.39. The summed E-state index contributed by atoms with van der Waals surface area (Å²) >= 11 is 0. The van der Waals surface area contributed by atoms with E-state index in [9.17, 15) is 14.3 Å². The lowest BCUT2D eigenvalue weighted by Crippen LogP contribution is -2.03. The van der Waals surface area contributed by atoms with Gasteiger partial charge in [-0.1, -0.05) is 12.1 Å². The first-order valence-electron chi connectivity index (χ1n) is 7.98. The van der Waals surface area contributed by atoms with Crippen LogP contribution in [0.4, 0.5) is 15.8 Å². The molecule has 0 amide bonds. The highest BCUT2D eigenvalue weighted by atomic mass is 19.1. The lowest BCUT2D eigenvalue weighted by atomic mass is 10.0. The smallest absolute Gasteiger partial charge is 0.337 e. The second-order valence-corrected chi connectivity index (χ2v) is 5.87. The van der Waals surface area contributed by atoms with Crippen LogP contribution in [0.2, 0.25) is 0 Å². The van der Waals surface area contributed by atoms with E-state index in [0.717, 1.165) is 22.1 Å². The third-order valence-electron chi connectivity index (χ3n) is 4.16. The Bertz CT molecular complexity index is 1100. The first-order valence-corrected chi connectivity index (χ1v) is 7.98. The molecule has 1 aromatic heterocycles. The average Bonchev–Trinajstić information content (AvgIpc) is 3.11. The molecule has 0 fully saturated rings. The number of nitrogens with one attached hydrogen (secondary N) is 1. The third kappa shape index (κ3) is 3.02. The Morgan fingerprint density at radius 3 is 2.42 bits per heavy atom. The number of benzene rings is 3. The number of fused-ring (bicyclic) bond motifs is 1. The van der Waals surface area contributed by atoms with E-state index in [2.05, 4.69) is 5.32 Å². The second kappa shape index (κ2) is 6.37. The molecule has 0 radical (unpaired) electrons. The van der Waals surface area contributed by atoms with Gasteiger partial charge in [-0.2, -0.15) is 0 Å². The number of carboxylic acid groups (broad SMARTS) is 1. The van der Waals surface area contributed by atoms with E-state index in [0.29, 0.717) is 11.4 Å². The molecule has 1 heterocycles. The van der Waals surface area contributed by atoms with E-state index in [4.69, 9.17) is 4.42 Å². The highest BCUT2D eigenvalue weighted by molar-refractivity contribution is 5.97. The van der Waals surface area contributed by atoms with Crippen molar-refractivity contribution in [1.82, 2.24) is 0 Å². The molecule has 4 nitrogen and oxygen atoms in total. The van der Waals surface area contributed by atoms with E-state index in [1.807, 2.05) is 24.3 Å². The van der Waals surface area contributed by atoms with Crippen molar-refractivity contribution < 1.29 is 18.7 Å². The zero-order valence-corrected chi connectivity index (χ0v) is 13.6. The molecular formula is C21H14FNO3. The first-order chi connectivity index (χ1) is 12.6. The lowest BCUT2D eigenvalue weighted by Gasteiger charge is -2.12. The molecule has 0 spiro atoms. The molecule has 5 heteroatoms. The number of hydrogen-bond acceptors (Lipinski definition) is 3. The fourth-order valence-electron chi connectivity index (χ4n) is 2.85. The highest BCUT2D eigenvalue weighted by Gasteiger charge is 2.12. The first kappa shape index (κ1) is 15.9. The minimum atomic E-state index is -1.04. The number of rotatable bonds is 4. The van der Waals surface area contributed by atoms with Crippen molar-refractivity contribution in [1.29, 1.82) is 0 Å². The average molecular weight is 347 g/mol. The van der Waals surface area contributed by atoms with Crippen molar-refractivity contribution in [3.63, 3.8) is 0 Å². The molecule has 3 aromatic carbocycles. The van der Waals surface area contributed by atoms with Crippen LogP contribution in [0.25, 0.3) is 22.1 Å². The molecule has 0 bridgehead atoms. The normalized spacial score (nSPS) is 10.8. The van der Waals surface area contributed by atoms with Gasteiger partial charge in [-0.05, 0) is 65.7 Å². The van der Waals surface area contributed by atoms with Gasteiger partial charge in [-0.15, -0.1) is 0 Å². The summed E-state index contributed by atoms with van der Waals surface area (Å²) in [4.78, 5) is 11.5. The molecule has 4 rings (SSSR count). The minimum absolute atomic E-state index is 0.141. The summed E-state index contributed by atoms with van der Waals surface area (Å²) in [5.41, 5.74) is 3.79. The molecule has 26 heavy (non-hydrogen) atoms. The number of hydrogen-bond donors (Lipinski definition) is 2. The molecule has 0 atom stereocenters. The van der Waals surface area contributed by atoms with Crippen molar-refractivity contribution >= 4 is 28.3 Å². The molecule has 0 unspecified atom stereocenters. The van der Waals surface area contributed by atoms with Crippen LogP contribution >= 0.6 is 0 Å². The van der Waals surface area contributed by atoms with E-state index in [1.165, 1.54) is 12.1 Å². The maximum atomic E-state index is 13.1. The molecule has 0 aliphatic carbocycles. The number of carboxylic acids is 1. The van der Waals surface area contributed by atoms with Gasteiger partial charge in [-0.3, -0.25) is 0 Å². The Hall–Kier alpha value is -3.60. The highest BCUT2D eigenvalue weighted by Crippen LogP contribution is 2.30. The van der Waals surface area contributed by atoms with Crippen molar-refractivity contribution in [3.8, 4) is 11.1 Å². The van der Waals surface area contributed by atoms with Gasteiger partial charge in [0.1, 0.15) is 11.4 Å². The molecule has 0 aliphatic heterocycles. The van der Waals surface area contributed by atoms with Crippen LogP contribution in [-0.2, 0) is 0 Å². The summed E-state index contributed by atoms with van der Waals surface area (Å²) < 4.78 is 18.4. The number of furan rings is 1. The zero-order chi connectivity index (χ0) is 18.1. The molecule has 2 N–H and O–H groups in total. The third-order valence-corrected chi connectivity index (χ3v) is 4.16. The number of aromatic carboxylic acids is 1. The van der Waals surface area contributed by atoms with Crippen molar-refractivity contribution in [3.05, 3.63) is 84.4 Å². The summed E-state index contributed by atoms with van der Waals surface area (Å²) in [6.45, 7) is 0. The summed E-state index contributed by atoms with van der Waals surface area (Å²) in [6.07, 6.45) is 1.63. The van der Waals surface area contributed by atoms with Gasteiger partial charge in [0.05, 0.1) is 17.5 Å². The molecule has 128 valence electrons. The SMILES string of the molecule is O=C(O)c1ccc(-c2ccc3occc3c2)cc1Nc1ccc(F)cc1. The van der Waals surface area contributed by atoms with Crippen LogP contribution in [0.5, 0.6) is 0 Å². The van der Waals surface area contributed by atoms with Crippen LogP contribution in [0, 0.1) is 5.82 Å². The predicted octanol–water partition coefficient (Wildman–Crippen LogP) is 5.68. The van der Waals surface area contributed by atoms with Crippen LogP contribution < -0.4 is 5.32 Å². The van der Waals surface area contributed by atoms with Crippen molar-refractivity contribution in [2.45, 2.75) is 0 Å². The summed E-state index contributed by atoms with van der Waals surface area (Å²) in [5, 5.41) is 13.5. The van der Waals surface area contributed by atoms with Gasteiger partial charge < -0.3 is 14.8 Å². The number of halogens is 1. The maximum absolute atomic E-state index is 13.1. The Labute approximate surface area is 148 Å². The predicted molar refractivity (Wildman–Crippen MR) is 98.3 cm³/mol. The minimum Gasteiger partial charge on any atom is -0.478 e. The van der Waals surface area contributed by atoms with E-state index >= 15 is 0 Å². The Morgan fingerprint density at radius 1 is 0.923 bits per heavy atom. The van der Waals surface area contributed by atoms with Crippen molar-refractivity contribution in [2.75, 3.05) is 5.32 Å². The largest absolute Gasteiger partial charge is 0.478 e. The Kier molecular flexibility index (Phi) is 3.89. The Morgan fingerprint density at radius 2 is 1.65 bits per heavy atom. The molecular weight excluding hydrogens is 333 g/mol. The van der Waals surface area contributed by atoms with Gasteiger partial charge in [0.2, 0.25) is 0 Å². The number of carbonyl (C=O) groups is 1. The van der Waals surface area contributed by atoms with E-state index in [1.54, 1.807) is 36.6 Å². The van der Waals surface area contributed by atoms with Crippen LogP contribution in [0.3, 0.4) is 0 Å².